The van der Waals surface area contributed by atoms with E-state index in [1.54, 1.807) is 0 Å². The summed E-state index contributed by atoms with van der Waals surface area (Å²) in [5.74, 6) is 0.967. The lowest BCUT2D eigenvalue weighted by molar-refractivity contribution is 0.0627. The third-order valence-electron chi connectivity index (χ3n) is 9.92. The molecular weight excluding hydrogens is 585 g/mol. The fraction of sp³-hybridized carbons (Fsp3) is 0.609. The van der Waals surface area contributed by atoms with E-state index in [2.05, 4.69) is 93.6 Å². The second-order valence-electron chi connectivity index (χ2n) is 14.1. The summed E-state index contributed by atoms with van der Waals surface area (Å²) in [6.45, 7) is 8.42. The second kappa shape index (κ2) is 26.3. The highest BCUT2D eigenvalue weighted by molar-refractivity contribution is 5.83. The molecule has 0 fully saturated rings. The molecule has 48 heavy (non-hydrogen) atoms. The molecule has 0 aliphatic rings. The number of ether oxygens (including phenoxy) is 2. The van der Waals surface area contributed by atoms with Crippen LogP contribution in [0.2, 0.25) is 0 Å². The molecule has 1 atom stereocenters. The Balaban J connectivity index is 1.33. The topological polar surface area (TPSA) is 18.5 Å². The molecule has 1 unspecified atom stereocenters. The van der Waals surface area contributed by atoms with Gasteiger partial charge in [-0.05, 0) is 59.7 Å². The van der Waals surface area contributed by atoms with Gasteiger partial charge in [0, 0.05) is 6.61 Å². The number of benzene rings is 3. The van der Waals surface area contributed by atoms with Crippen LogP contribution < -0.4 is 4.74 Å². The Labute approximate surface area is 296 Å². The summed E-state index contributed by atoms with van der Waals surface area (Å²) >= 11 is 0. The molecule has 0 bridgehead atoms. The highest BCUT2D eigenvalue weighted by atomic mass is 16.5. The molecule has 3 aromatic carbocycles. The summed E-state index contributed by atoms with van der Waals surface area (Å²) in [6, 6.07) is 26.4. The summed E-state index contributed by atoms with van der Waals surface area (Å²) in [5, 5.41) is 0. The maximum Gasteiger partial charge on any atom is 0.119 e. The molecule has 0 aliphatic heterocycles. The van der Waals surface area contributed by atoms with Crippen molar-refractivity contribution >= 4 is 0 Å². The van der Waals surface area contributed by atoms with E-state index in [-0.39, 0.29) is 6.10 Å². The number of unbranched alkanes of at least 4 members (excludes halogenated alkanes) is 20. The minimum Gasteiger partial charge on any atom is -0.494 e. The van der Waals surface area contributed by atoms with Gasteiger partial charge in [0.05, 0.1) is 12.7 Å². The normalized spacial score (nSPS) is 12.0. The molecule has 3 rings (SSSR count). The highest BCUT2D eigenvalue weighted by Crippen LogP contribution is 2.34. The molecule has 2 nitrogen and oxygen atoms in total. The molecule has 2 heteroatoms. The number of hydrogen-bond donors (Lipinski definition) is 0. The predicted molar refractivity (Wildman–Crippen MR) is 210 cm³/mol. The van der Waals surface area contributed by atoms with Crippen LogP contribution in [0.25, 0.3) is 22.3 Å². The highest BCUT2D eigenvalue weighted by Gasteiger charge is 2.10. The third-order valence-corrected chi connectivity index (χ3v) is 9.92. The van der Waals surface area contributed by atoms with E-state index in [0.717, 1.165) is 31.8 Å². The van der Waals surface area contributed by atoms with E-state index in [1.165, 1.54) is 156 Å². The zero-order valence-electron chi connectivity index (χ0n) is 31.3. The second-order valence-corrected chi connectivity index (χ2v) is 14.1. The van der Waals surface area contributed by atoms with Crippen molar-refractivity contribution in [1.82, 2.24) is 0 Å². The van der Waals surface area contributed by atoms with E-state index < -0.39 is 0 Å². The van der Waals surface area contributed by atoms with Crippen LogP contribution in [0.15, 0.2) is 72.8 Å². The van der Waals surface area contributed by atoms with Crippen LogP contribution in [0, 0.1) is 0 Å². The van der Waals surface area contributed by atoms with Crippen molar-refractivity contribution in [3.63, 3.8) is 0 Å². The van der Waals surface area contributed by atoms with Crippen molar-refractivity contribution in [3.8, 4) is 28.0 Å². The molecule has 0 spiro atoms. The van der Waals surface area contributed by atoms with Gasteiger partial charge >= 0.3 is 0 Å². The molecule has 0 amide bonds. The van der Waals surface area contributed by atoms with Gasteiger partial charge in [-0.1, -0.05) is 203 Å². The molecule has 0 radical (unpaired) electrons. The molecule has 3 aromatic rings. The minimum atomic E-state index is 0.120. The van der Waals surface area contributed by atoms with Gasteiger partial charge in [-0.25, -0.2) is 0 Å². The van der Waals surface area contributed by atoms with Crippen LogP contribution in [0.5, 0.6) is 5.75 Å². The Hall–Kier alpha value is -2.58. The fourth-order valence-corrected chi connectivity index (χ4v) is 6.73. The average molecular weight is 655 g/mol. The smallest absolute Gasteiger partial charge is 0.119 e. The third kappa shape index (κ3) is 16.7. The first-order chi connectivity index (χ1) is 23.7. The maximum absolute atomic E-state index is 6.23. The lowest BCUT2D eigenvalue weighted by Crippen LogP contribution is -2.02. The van der Waals surface area contributed by atoms with Crippen LogP contribution in [0.3, 0.4) is 0 Å². The minimum absolute atomic E-state index is 0.120. The molecule has 266 valence electrons. The van der Waals surface area contributed by atoms with Crippen molar-refractivity contribution in [3.05, 3.63) is 78.4 Å². The van der Waals surface area contributed by atoms with Gasteiger partial charge in [0.25, 0.3) is 0 Å². The van der Waals surface area contributed by atoms with Gasteiger partial charge in [0.2, 0.25) is 0 Å². The van der Waals surface area contributed by atoms with Gasteiger partial charge in [0.1, 0.15) is 5.75 Å². The molecule has 0 heterocycles. The quantitative estimate of drug-likeness (QED) is 0.0694. The van der Waals surface area contributed by atoms with Gasteiger partial charge in [-0.2, -0.15) is 0 Å². The van der Waals surface area contributed by atoms with Crippen LogP contribution in [-0.2, 0) is 4.74 Å². The van der Waals surface area contributed by atoms with Crippen molar-refractivity contribution in [2.24, 2.45) is 0 Å². The van der Waals surface area contributed by atoms with Crippen LogP contribution in [0.1, 0.15) is 174 Å². The first kappa shape index (κ1) is 39.9. The molecule has 0 saturated carbocycles. The number of hydrogen-bond acceptors (Lipinski definition) is 2. The molecule has 0 saturated heterocycles. The summed E-state index contributed by atoms with van der Waals surface area (Å²) in [7, 11) is 0. The van der Waals surface area contributed by atoms with Crippen molar-refractivity contribution in [2.45, 2.75) is 168 Å². The Morgan fingerprint density at radius 1 is 0.417 bits per heavy atom. The zero-order valence-corrected chi connectivity index (χ0v) is 31.3. The first-order valence-corrected chi connectivity index (χ1v) is 20.3. The maximum atomic E-state index is 6.23. The van der Waals surface area contributed by atoms with E-state index in [9.17, 15) is 0 Å². The molecule has 0 aliphatic carbocycles. The SMILES string of the molecule is CCCCCCCCCCCCCCOC(C)c1ccc(-c2ccccc2-c2ccc(OCCCCCCCCCCCC)cc2)cc1. The largest absolute Gasteiger partial charge is 0.494 e. The lowest BCUT2D eigenvalue weighted by Gasteiger charge is -2.15. The van der Waals surface area contributed by atoms with Gasteiger partial charge < -0.3 is 9.47 Å². The van der Waals surface area contributed by atoms with Crippen molar-refractivity contribution in [1.29, 1.82) is 0 Å². The molecule has 0 aromatic heterocycles. The predicted octanol–water partition coefficient (Wildman–Crippen LogP) is 15.1. The summed E-state index contributed by atoms with van der Waals surface area (Å²) in [4.78, 5) is 0. The van der Waals surface area contributed by atoms with E-state index in [4.69, 9.17) is 9.47 Å². The Kier molecular flexibility index (Phi) is 21.8. The van der Waals surface area contributed by atoms with Gasteiger partial charge in [0.15, 0.2) is 0 Å². The average Bonchev–Trinajstić information content (AvgIpc) is 3.13. The van der Waals surface area contributed by atoms with E-state index in [1.807, 2.05) is 0 Å². The van der Waals surface area contributed by atoms with Crippen LogP contribution in [-0.4, -0.2) is 13.2 Å². The summed E-state index contributed by atoms with van der Waals surface area (Å²) in [6.07, 6.45) is 30.1. The number of rotatable bonds is 29. The fourth-order valence-electron chi connectivity index (χ4n) is 6.73. The Morgan fingerprint density at radius 3 is 1.23 bits per heavy atom. The molecule has 0 N–H and O–H groups in total. The summed E-state index contributed by atoms with van der Waals surface area (Å²) in [5.41, 5.74) is 6.22. The van der Waals surface area contributed by atoms with Crippen molar-refractivity contribution in [2.75, 3.05) is 13.2 Å². The first-order valence-electron chi connectivity index (χ1n) is 20.3. The van der Waals surface area contributed by atoms with Crippen LogP contribution >= 0.6 is 0 Å². The Bertz CT molecular complexity index is 1170. The van der Waals surface area contributed by atoms with Gasteiger partial charge in [-0.3, -0.25) is 0 Å². The zero-order chi connectivity index (χ0) is 33.9. The van der Waals surface area contributed by atoms with E-state index in [0.29, 0.717) is 0 Å². The standard InChI is InChI=1S/C46H70O2/c1-4-6-8-10-12-14-16-17-19-20-22-26-38-47-40(3)41-30-32-42(33-31-41)45-28-24-25-29-46(45)43-34-36-44(37-35-43)48-39-27-23-21-18-15-13-11-9-7-5-2/h24-25,28-37,40H,4-23,26-27,38-39H2,1-3H3. The van der Waals surface area contributed by atoms with E-state index >= 15 is 0 Å². The van der Waals surface area contributed by atoms with Crippen LogP contribution in [0.4, 0.5) is 0 Å². The monoisotopic (exact) mass is 655 g/mol. The van der Waals surface area contributed by atoms with Crippen molar-refractivity contribution < 1.29 is 9.47 Å². The summed E-state index contributed by atoms with van der Waals surface area (Å²) < 4.78 is 12.3. The lowest BCUT2D eigenvalue weighted by atomic mass is 9.94. The Morgan fingerprint density at radius 2 is 0.792 bits per heavy atom. The molecular formula is C46H70O2. The van der Waals surface area contributed by atoms with Gasteiger partial charge in [-0.15, -0.1) is 0 Å².